The van der Waals surface area contributed by atoms with Crippen LogP contribution in [0.3, 0.4) is 0 Å². The zero-order valence-electron chi connectivity index (χ0n) is 8.92. The smallest absolute Gasteiger partial charge is 0.331 e. The van der Waals surface area contributed by atoms with Gasteiger partial charge in [-0.1, -0.05) is 30.3 Å². The Hall–Kier alpha value is -2.10. The first kappa shape index (κ1) is 12.0. The quantitative estimate of drug-likeness (QED) is 0.613. The van der Waals surface area contributed by atoms with Crippen LogP contribution in [0.25, 0.3) is 0 Å². The number of ether oxygens (including phenoxy) is 1. The van der Waals surface area contributed by atoms with Gasteiger partial charge in [0.25, 0.3) is 0 Å². The molecular weight excluding hydrogens is 206 g/mol. The van der Waals surface area contributed by atoms with Crippen LogP contribution in [0.2, 0.25) is 0 Å². The molecule has 0 spiro atoms. The van der Waals surface area contributed by atoms with E-state index in [1.54, 1.807) is 6.92 Å². The average Bonchev–Trinajstić information content (AvgIpc) is 2.27. The summed E-state index contributed by atoms with van der Waals surface area (Å²) in [5, 5.41) is 0. The fraction of sp³-hybridized carbons (Fsp3) is 0.167. The number of hydrogen-bond acceptors (Lipinski definition) is 3. The van der Waals surface area contributed by atoms with Gasteiger partial charge in [0.15, 0.2) is 0 Å². The molecule has 1 atom stereocenters. The first-order valence-electron chi connectivity index (χ1n) is 4.82. The molecule has 4 nitrogen and oxygen atoms in total. The summed E-state index contributed by atoms with van der Waals surface area (Å²) in [4.78, 5) is 21.6. The Bertz CT molecular complexity index is 398. The molecule has 1 unspecified atom stereocenters. The van der Waals surface area contributed by atoms with Gasteiger partial charge in [-0.25, -0.2) is 4.79 Å². The number of esters is 1. The summed E-state index contributed by atoms with van der Waals surface area (Å²) in [6, 6.07) is 9.31. The molecule has 0 radical (unpaired) electrons. The van der Waals surface area contributed by atoms with Gasteiger partial charge in [0, 0.05) is 12.2 Å². The highest BCUT2D eigenvalue weighted by Crippen LogP contribution is 2.15. The van der Waals surface area contributed by atoms with E-state index in [1.165, 1.54) is 0 Å². The van der Waals surface area contributed by atoms with Crippen LogP contribution in [-0.2, 0) is 14.3 Å². The molecule has 0 bridgehead atoms. The summed E-state index contributed by atoms with van der Waals surface area (Å²) in [7, 11) is 0. The third kappa shape index (κ3) is 3.96. The predicted molar refractivity (Wildman–Crippen MR) is 59.3 cm³/mol. The monoisotopic (exact) mass is 219 g/mol. The number of nitrogens with two attached hydrogens (primary N) is 1. The van der Waals surface area contributed by atoms with E-state index in [1.807, 2.05) is 30.3 Å². The third-order valence-corrected chi connectivity index (χ3v) is 1.95. The molecule has 2 N–H and O–H groups in total. The van der Waals surface area contributed by atoms with Gasteiger partial charge in [0.2, 0.25) is 5.91 Å². The highest BCUT2D eigenvalue weighted by atomic mass is 16.5. The van der Waals surface area contributed by atoms with E-state index in [2.05, 4.69) is 0 Å². The zero-order valence-corrected chi connectivity index (χ0v) is 8.92. The minimum absolute atomic E-state index is 0.355. The molecule has 1 aromatic rings. The van der Waals surface area contributed by atoms with Gasteiger partial charge < -0.3 is 10.5 Å². The van der Waals surface area contributed by atoms with Gasteiger partial charge in [-0.3, -0.25) is 4.79 Å². The van der Waals surface area contributed by atoms with Crippen molar-refractivity contribution in [1.82, 2.24) is 0 Å². The third-order valence-electron chi connectivity index (χ3n) is 1.95. The number of carbonyl (C=O) groups is 2. The van der Waals surface area contributed by atoms with Crippen molar-refractivity contribution in [1.29, 1.82) is 0 Å². The summed E-state index contributed by atoms with van der Waals surface area (Å²) >= 11 is 0. The van der Waals surface area contributed by atoms with Crippen molar-refractivity contribution in [3.05, 3.63) is 48.0 Å². The molecule has 0 aromatic heterocycles. The maximum absolute atomic E-state index is 11.2. The lowest BCUT2D eigenvalue weighted by Gasteiger charge is -2.11. The summed E-state index contributed by atoms with van der Waals surface area (Å²) in [5.74, 6) is -1.26. The molecule has 0 fully saturated rings. The number of carbonyl (C=O) groups excluding carboxylic acids is 2. The summed E-state index contributed by atoms with van der Waals surface area (Å²) < 4.78 is 5.05. The van der Waals surface area contributed by atoms with Crippen LogP contribution in [0.5, 0.6) is 0 Å². The van der Waals surface area contributed by atoms with Crippen LogP contribution >= 0.6 is 0 Å². The normalized spacial score (nSPS) is 12.3. The number of hydrogen-bond donors (Lipinski definition) is 1. The van der Waals surface area contributed by atoms with Gasteiger partial charge >= 0.3 is 5.97 Å². The lowest BCUT2D eigenvalue weighted by Crippen LogP contribution is -2.09. The first-order valence-corrected chi connectivity index (χ1v) is 4.82. The van der Waals surface area contributed by atoms with Crippen LogP contribution in [0, 0.1) is 0 Å². The topological polar surface area (TPSA) is 69.4 Å². The maximum Gasteiger partial charge on any atom is 0.331 e. The molecule has 1 rings (SSSR count). The van der Waals surface area contributed by atoms with E-state index in [-0.39, 0.29) is 6.10 Å². The van der Waals surface area contributed by atoms with E-state index in [4.69, 9.17) is 10.5 Å². The zero-order chi connectivity index (χ0) is 12.0. The van der Waals surface area contributed by atoms with Crippen molar-refractivity contribution >= 4 is 11.9 Å². The van der Waals surface area contributed by atoms with Gasteiger partial charge in [0.05, 0.1) is 0 Å². The largest absolute Gasteiger partial charge is 0.455 e. The van der Waals surface area contributed by atoms with E-state index >= 15 is 0 Å². The molecule has 1 amide bonds. The van der Waals surface area contributed by atoms with E-state index in [0.29, 0.717) is 0 Å². The van der Waals surface area contributed by atoms with E-state index < -0.39 is 11.9 Å². The van der Waals surface area contributed by atoms with Crippen LogP contribution in [0.15, 0.2) is 42.5 Å². The molecule has 0 aliphatic carbocycles. The second-order valence-corrected chi connectivity index (χ2v) is 3.23. The Morgan fingerprint density at radius 2 is 1.88 bits per heavy atom. The molecule has 16 heavy (non-hydrogen) atoms. The standard InChI is InChI=1S/C12H13NO3/c1-9(10-5-3-2-4-6-10)16-12(15)8-7-11(13)14/h2-9H,1H3,(H2,13,14)/b8-7-. The Morgan fingerprint density at radius 3 is 2.44 bits per heavy atom. The second kappa shape index (κ2) is 5.70. The van der Waals surface area contributed by atoms with Gasteiger partial charge in [-0.15, -0.1) is 0 Å². The SMILES string of the molecule is CC(OC(=O)/C=C\C(N)=O)c1ccccc1. The summed E-state index contributed by atoms with van der Waals surface area (Å²) in [6.07, 6.45) is 1.63. The fourth-order valence-electron chi connectivity index (χ4n) is 1.16. The minimum atomic E-state index is -0.677. The molecule has 0 heterocycles. The van der Waals surface area contributed by atoms with Crippen LogP contribution in [-0.4, -0.2) is 11.9 Å². The molecule has 0 saturated carbocycles. The van der Waals surface area contributed by atoms with Crippen molar-refractivity contribution < 1.29 is 14.3 Å². The van der Waals surface area contributed by atoms with Crippen molar-refractivity contribution in [2.24, 2.45) is 5.73 Å². The van der Waals surface area contributed by atoms with E-state index in [0.717, 1.165) is 17.7 Å². The highest BCUT2D eigenvalue weighted by molar-refractivity contribution is 5.93. The predicted octanol–water partition coefficient (Wildman–Crippen LogP) is 1.33. The molecule has 1 aromatic carbocycles. The number of benzene rings is 1. The van der Waals surface area contributed by atoms with Crippen LogP contribution in [0.1, 0.15) is 18.6 Å². The number of rotatable bonds is 4. The Labute approximate surface area is 93.7 Å². The van der Waals surface area contributed by atoms with Crippen molar-refractivity contribution in [3.8, 4) is 0 Å². The first-order chi connectivity index (χ1) is 7.59. The van der Waals surface area contributed by atoms with Crippen molar-refractivity contribution in [2.45, 2.75) is 13.0 Å². The van der Waals surface area contributed by atoms with Gasteiger partial charge in [-0.05, 0) is 12.5 Å². The Balaban J connectivity index is 2.55. The van der Waals surface area contributed by atoms with Gasteiger partial charge in [0.1, 0.15) is 6.10 Å². The average molecular weight is 219 g/mol. The lowest BCUT2D eigenvalue weighted by molar-refractivity contribution is -0.142. The minimum Gasteiger partial charge on any atom is -0.455 e. The second-order valence-electron chi connectivity index (χ2n) is 3.23. The van der Waals surface area contributed by atoms with Gasteiger partial charge in [-0.2, -0.15) is 0 Å². The summed E-state index contributed by atoms with van der Waals surface area (Å²) in [5.41, 5.74) is 5.74. The molecule has 0 aliphatic rings. The molecular formula is C12H13NO3. The van der Waals surface area contributed by atoms with Crippen LogP contribution in [0.4, 0.5) is 0 Å². The van der Waals surface area contributed by atoms with Crippen LogP contribution < -0.4 is 5.73 Å². The maximum atomic E-state index is 11.2. The fourth-order valence-corrected chi connectivity index (χ4v) is 1.16. The molecule has 4 heteroatoms. The lowest BCUT2D eigenvalue weighted by atomic mass is 10.1. The molecule has 0 saturated heterocycles. The summed E-state index contributed by atoms with van der Waals surface area (Å²) in [6.45, 7) is 1.76. The molecule has 0 aliphatic heterocycles. The molecule has 84 valence electrons. The number of primary amides is 1. The Kier molecular flexibility index (Phi) is 4.27. The highest BCUT2D eigenvalue weighted by Gasteiger charge is 2.08. The van der Waals surface area contributed by atoms with Crippen molar-refractivity contribution in [2.75, 3.05) is 0 Å². The Morgan fingerprint density at radius 1 is 1.25 bits per heavy atom. The van der Waals surface area contributed by atoms with E-state index in [9.17, 15) is 9.59 Å². The number of amides is 1. The van der Waals surface area contributed by atoms with Crippen molar-refractivity contribution in [3.63, 3.8) is 0 Å².